The lowest BCUT2D eigenvalue weighted by molar-refractivity contribution is 0.928. The quantitative estimate of drug-likeness (QED) is 0.353. The molecule has 6 heteroatoms. The number of nitrogens with one attached hydrogen (secondary N) is 1. The average Bonchev–Trinajstić information content (AvgIpc) is 2.97. The fourth-order valence-electron chi connectivity index (χ4n) is 1.77. The van der Waals surface area contributed by atoms with Crippen molar-refractivity contribution in [2.75, 3.05) is 6.54 Å². The summed E-state index contributed by atoms with van der Waals surface area (Å²) in [5.41, 5.74) is 8.98. The third-order valence-electron chi connectivity index (χ3n) is 2.77. The number of rotatable bonds is 5. The van der Waals surface area contributed by atoms with E-state index in [4.69, 9.17) is 5.73 Å². The molecule has 5 nitrogen and oxygen atoms in total. The SMILES string of the molecule is C=C(C)CNC(N)=NCc1ccccc1-n1ccnc1.I. The van der Waals surface area contributed by atoms with Crippen LogP contribution >= 0.6 is 24.0 Å². The molecule has 0 aliphatic carbocycles. The molecule has 0 amide bonds. The zero-order valence-corrected chi connectivity index (χ0v) is 14.3. The molecule has 0 atom stereocenters. The number of aromatic nitrogens is 2. The minimum absolute atomic E-state index is 0. The Bertz CT molecular complexity index is 604. The van der Waals surface area contributed by atoms with Gasteiger partial charge in [-0.15, -0.1) is 24.0 Å². The highest BCUT2D eigenvalue weighted by Gasteiger charge is 2.03. The molecule has 0 radical (unpaired) electrons. The molecule has 0 aliphatic rings. The molecule has 2 aromatic rings. The molecule has 2 rings (SSSR count). The predicted molar refractivity (Wildman–Crippen MR) is 97.1 cm³/mol. The van der Waals surface area contributed by atoms with Gasteiger partial charge in [0.05, 0.1) is 18.6 Å². The Morgan fingerprint density at radius 1 is 1.43 bits per heavy atom. The molecule has 0 aliphatic heterocycles. The van der Waals surface area contributed by atoms with Crippen molar-refractivity contribution in [1.29, 1.82) is 0 Å². The molecule has 0 bridgehead atoms. The van der Waals surface area contributed by atoms with Crippen LogP contribution in [0.4, 0.5) is 0 Å². The first-order chi connectivity index (χ1) is 9.66. The van der Waals surface area contributed by atoms with Crippen LogP contribution in [0.5, 0.6) is 0 Å². The fraction of sp³-hybridized carbons (Fsp3) is 0.200. The highest BCUT2D eigenvalue weighted by Crippen LogP contribution is 2.14. The Hall–Kier alpha value is -1.83. The second-order valence-corrected chi connectivity index (χ2v) is 4.61. The van der Waals surface area contributed by atoms with E-state index in [0.29, 0.717) is 19.0 Å². The molecule has 0 saturated heterocycles. The molecule has 1 heterocycles. The molecule has 1 aromatic heterocycles. The van der Waals surface area contributed by atoms with Gasteiger partial charge in [0.2, 0.25) is 0 Å². The van der Waals surface area contributed by atoms with Crippen LogP contribution in [0.15, 0.2) is 60.1 Å². The first-order valence-corrected chi connectivity index (χ1v) is 6.41. The summed E-state index contributed by atoms with van der Waals surface area (Å²) < 4.78 is 1.96. The van der Waals surface area contributed by atoms with Crippen molar-refractivity contribution in [3.63, 3.8) is 0 Å². The van der Waals surface area contributed by atoms with E-state index in [9.17, 15) is 0 Å². The van der Waals surface area contributed by atoms with E-state index in [-0.39, 0.29) is 24.0 Å². The van der Waals surface area contributed by atoms with Crippen molar-refractivity contribution in [2.24, 2.45) is 10.7 Å². The van der Waals surface area contributed by atoms with Crippen molar-refractivity contribution < 1.29 is 0 Å². The van der Waals surface area contributed by atoms with Gasteiger partial charge in [-0.25, -0.2) is 9.98 Å². The normalized spacial score (nSPS) is 10.8. The standard InChI is InChI=1S/C15H19N5.HI/c1-12(2)9-18-15(16)19-10-13-5-3-4-6-14(13)20-8-7-17-11-20;/h3-8,11H,1,9-10H2,2H3,(H3,16,18,19);1H. The van der Waals surface area contributed by atoms with Gasteiger partial charge < -0.3 is 15.6 Å². The van der Waals surface area contributed by atoms with Gasteiger partial charge in [-0.05, 0) is 18.6 Å². The molecule has 0 spiro atoms. The van der Waals surface area contributed by atoms with Crippen LogP contribution in [0.25, 0.3) is 5.69 Å². The molecule has 21 heavy (non-hydrogen) atoms. The van der Waals surface area contributed by atoms with Gasteiger partial charge in [0.25, 0.3) is 0 Å². The van der Waals surface area contributed by atoms with Crippen molar-refractivity contribution in [3.05, 3.63) is 60.7 Å². The van der Waals surface area contributed by atoms with Crippen molar-refractivity contribution in [3.8, 4) is 5.69 Å². The molecule has 0 saturated carbocycles. The third kappa shape index (κ3) is 5.22. The van der Waals surface area contributed by atoms with Crippen molar-refractivity contribution in [1.82, 2.24) is 14.9 Å². The van der Waals surface area contributed by atoms with Crippen LogP contribution in [-0.4, -0.2) is 22.1 Å². The molecule has 3 N–H and O–H groups in total. The number of para-hydroxylation sites is 1. The summed E-state index contributed by atoms with van der Waals surface area (Å²) in [6.07, 6.45) is 5.43. The number of hydrogen-bond donors (Lipinski definition) is 2. The lowest BCUT2D eigenvalue weighted by atomic mass is 10.2. The third-order valence-corrected chi connectivity index (χ3v) is 2.77. The average molecular weight is 397 g/mol. The summed E-state index contributed by atoms with van der Waals surface area (Å²) >= 11 is 0. The minimum atomic E-state index is 0. The fourth-order valence-corrected chi connectivity index (χ4v) is 1.77. The maximum absolute atomic E-state index is 5.82. The summed E-state index contributed by atoms with van der Waals surface area (Å²) in [4.78, 5) is 8.41. The molecular formula is C15H20IN5. The number of nitrogens with zero attached hydrogens (tertiary/aromatic N) is 3. The highest BCUT2D eigenvalue weighted by molar-refractivity contribution is 14.0. The summed E-state index contributed by atoms with van der Waals surface area (Å²) in [6, 6.07) is 8.04. The van der Waals surface area contributed by atoms with Crippen LogP contribution in [-0.2, 0) is 6.54 Å². The number of aliphatic imine (C=N–C) groups is 1. The summed E-state index contributed by atoms with van der Waals surface area (Å²) in [6.45, 7) is 6.90. The van der Waals surface area contributed by atoms with Crippen LogP contribution in [0.3, 0.4) is 0 Å². The molecular weight excluding hydrogens is 377 g/mol. The van der Waals surface area contributed by atoms with E-state index in [0.717, 1.165) is 16.8 Å². The van der Waals surface area contributed by atoms with E-state index in [2.05, 4.69) is 21.9 Å². The van der Waals surface area contributed by atoms with Crippen LogP contribution in [0.1, 0.15) is 12.5 Å². The summed E-state index contributed by atoms with van der Waals surface area (Å²) in [5.74, 6) is 0.424. The molecule has 1 aromatic carbocycles. The minimum Gasteiger partial charge on any atom is -0.370 e. The number of nitrogens with two attached hydrogens (primary N) is 1. The zero-order valence-electron chi connectivity index (χ0n) is 12.0. The van der Waals surface area contributed by atoms with E-state index >= 15 is 0 Å². The highest BCUT2D eigenvalue weighted by atomic mass is 127. The van der Waals surface area contributed by atoms with E-state index in [1.165, 1.54) is 0 Å². The largest absolute Gasteiger partial charge is 0.370 e. The second kappa shape index (κ2) is 8.46. The van der Waals surface area contributed by atoms with Gasteiger partial charge in [-0.3, -0.25) is 0 Å². The van der Waals surface area contributed by atoms with Crippen LogP contribution < -0.4 is 11.1 Å². The predicted octanol–water partition coefficient (Wildman–Crippen LogP) is 2.47. The first kappa shape index (κ1) is 17.2. The van der Waals surface area contributed by atoms with Gasteiger partial charge in [0.15, 0.2) is 5.96 Å². The van der Waals surface area contributed by atoms with Crippen molar-refractivity contribution >= 4 is 29.9 Å². The molecule has 0 unspecified atom stereocenters. The summed E-state index contributed by atoms with van der Waals surface area (Å²) in [7, 11) is 0. The Balaban J connectivity index is 0.00000220. The van der Waals surface area contributed by atoms with Crippen LogP contribution in [0, 0.1) is 0 Å². The van der Waals surface area contributed by atoms with Gasteiger partial charge in [-0.1, -0.05) is 30.4 Å². The Morgan fingerprint density at radius 2 is 2.19 bits per heavy atom. The summed E-state index contributed by atoms with van der Waals surface area (Å²) in [5, 5.41) is 3.02. The first-order valence-electron chi connectivity index (χ1n) is 6.41. The lowest BCUT2D eigenvalue weighted by Crippen LogP contribution is -2.32. The Labute approximate surface area is 142 Å². The van der Waals surface area contributed by atoms with Crippen LogP contribution in [0.2, 0.25) is 0 Å². The van der Waals surface area contributed by atoms with Crippen molar-refractivity contribution in [2.45, 2.75) is 13.5 Å². The maximum Gasteiger partial charge on any atom is 0.189 e. The molecule has 112 valence electrons. The zero-order chi connectivity index (χ0) is 14.4. The van der Waals surface area contributed by atoms with E-state index < -0.39 is 0 Å². The monoisotopic (exact) mass is 397 g/mol. The number of hydrogen-bond acceptors (Lipinski definition) is 2. The molecule has 0 fully saturated rings. The Morgan fingerprint density at radius 3 is 2.86 bits per heavy atom. The van der Waals surface area contributed by atoms with Gasteiger partial charge in [0.1, 0.15) is 0 Å². The number of halogens is 1. The topological polar surface area (TPSA) is 68.2 Å². The van der Waals surface area contributed by atoms with Gasteiger partial charge >= 0.3 is 0 Å². The van der Waals surface area contributed by atoms with E-state index in [1.54, 1.807) is 12.5 Å². The lowest BCUT2D eigenvalue weighted by Gasteiger charge is -2.09. The van der Waals surface area contributed by atoms with Gasteiger partial charge in [-0.2, -0.15) is 0 Å². The maximum atomic E-state index is 5.82. The number of benzene rings is 1. The number of guanidine groups is 1. The number of imidazole rings is 1. The van der Waals surface area contributed by atoms with E-state index in [1.807, 2.05) is 42.0 Å². The smallest absolute Gasteiger partial charge is 0.189 e. The second-order valence-electron chi connectivity index (χ2n) is 4.61. The Kier molecular flexibility index (Phi) is 6.93. The van der Waals surface area contributed by atoms with Gasteiger partial charge in [0, 0.05) is 18.9 Å².